The van der Waals surface area contributed by atoms with Crippen molar-refractivity contribution < 1.29 is 4.79 Å². The van der Waals surface area contributed by atoms with Crippen molar-refractivity contribution in [2.45, 2.75) is 13.3 Å². The molecular formula is C21H20ClN3O. The van der Waals surface area contributed by atoms with Crippen LogP contribution in [0.15, 0.2) is 54.7 Å². The van der Waals surface area contributed by atoms with Crippen LogP contribution in [0.25, 0.3) is 16.5 Å². The number of urea groups is 1. The average molecular weight is 366 g/mol. The number of halogens is 1. The summed E-state index contributed by atoms with van der Waals surface area (Å²) in [6.07, 6.45) is 5.04. The van der Waals surface area contributed by atoms with Gasteiger partial charge in [-0.25, -0.2) is 4.79 Å². The van der Waals surface area contributed by atoms with Crippen molar-refractivity contribution in [3.05, 3.63) is 70.9 Å². The molecule has 1 aliphatic heterocycles. The fourth-order valence-corrected chi connectivity index (χ4v) is 3.53. The van der Waals surface area contributed by atoms with E-state index in [0.29, 0.717) is 18.1 Å². The summed E-state index contributed by atoms with van der Waals surface area (Å²) in [6, 6.07) is 13.7. The number of carbonyl (C=O) groups is 1. The highest BCUT2D eigenvalue weighted by molar-refractivity contribution is 6.31. The molecule has 2 N–H and O–H groups in total. The second kappa shape index (κ2) is 6.89. The first-order chi connectivity index (χ1) is 12.6. The lowest BCUT2D eigenvalue weighted by atomic mass is 9.99. The smallest absolute Gasteiger partial charge is 0.322 e. The summed E-state index contributed by atoms with van der Waals surface area (Å²) in [5.74, 6) is 0. The molecule has 0 unspecified atom stereocenters. The number of benzene rings is 2. The molecule has 2 amide bonds. The molecule has 0 aliphatic carbocycles. The van der Waals surface area contributed by atoms with Crippen LogP contribution in [-0.2, 0) is 0 Å². The number of aryl methyl sites for hydroxylation is 1. The van der Waals surface area contributed by atoms with Gasteiger partial charge in [-0.15, -0.1) is 0 Å². The molecule has 5 heteroatoms. The maximum absolute atomic E-state index is 12.6. The van der Waals surface area contributed by atoms with Crippen molar-refractivity contribution in [3.8, 4) is 0 Å². The van der Waals surface area contributed by atoms with Gasteiger partial charge in [-0.1, -0.05) is 41.9 Å². The van der Waals surface area contributed by atoms with Crippen LogP contribution in [0.4, 0.5) is 10.5 Å². The van der Waals surface area contributed by atoms with E-state index in [1.807, 2.05) is 30.0 Å². The van der Waals surface area contributed by atoms with E-state index in [1.54, 1.807) is 6.07 Å². The lowest BCUT2D eigenvalue weighted by Gasteiger charge is -2.27. The van der Waals surface area contributed by atoms with E-state index in [1.165, 1.54) is 16.5 Å². The van der Waals surface area contributed by atoms with Crippen LogP contribution in [0.3, 0.4) is 0 Å². The largest absolute Gasteiger partial charge is 0.361 e. The van der Waals surface area contributed by atoms with E-state index in [0.717, 1.165) is 23.2 Å². The maximum atomic E-state index is 12.6. The van der Waals surface area contributed by atoms with Crippen molar-refractivity contribution >= 4 is 39.8 Å². The number of rotatable bonds is 2. The molecule has 0 spiro atoms. The lowest BCUT2D eigenvalue weighted by molar-refractivity contribution is 0.217. The van der Waals surface area contributed by atoms with Crippen LogP contribution >= 0.6 is 11.6 Å². The molecule has 4 nitrogen and oxygen atoms in total. The molecule has 2 aromatic carbocycles. The Bertz CT molecular complexity index is 1010. The first-order valence-electron chi connectivity index (χ1n) is 8.69. The third-order valence-corrected chi connectivity index (χ3v) is 5.11. The standard InChI is InChI=1S/C21H20ClN3O/c1-14-6-7-16(22)12-20(14)24-21(26)25-10-8-15(9-11-25)18-13-23-19-5-3-2-4-17(18)19/h2-8,12-13,23H,9-11H2,1H3,(H,24,26). The van der Waals surface area contributed by atoms with Gasteiger partial charge in [0.05, 0.1) is 0 Å². The molecule has 0 saturated carbocycles. The Balaban J connectivity index is 1.48. The van der Waals surface area contributed by atoms with Crippen LogP contribution in [0.1, 0.15) is 17.5 Å². The third-order valence-electron chi connectivity index (χ3n) is 4.87. The Morgan fingerprint density at radius 2 is 2.08 bits per heavy atom. The number of carbonyl (C=O) groups excluding carboxylic acids is 1. The summed E-state index contributed by atoms with van der Waals surface area (Å²) in [6.45, 7) is 3.24. The summed E-state index contributed by atoms with van der Waals surface area (Å²) < 4.78 is 0. The number of fused-ring (bicyclic) bond motifs is 1. The van der Waals surface area contributed by atoms with E-state index in [-0.39, 0.29) is 6.03 Å². The zero-order chi connectivity index (χ0) is 18.1. The fourth-order valence-electron chi connectivity index (χ4n) is 3.36. The second-order valence-corrected chi connectivity index (χ2v) is 7.00. The van der Waals surface area contributed by atoms with Crippen molar-refractivity contribution in [1.29, 1.82) is 0 Å². The number of hydrogen-bond acceptors (Lipinski definition) is 1. The molecule has 1 aromatic heterocycles. The highest BCUT2D eigenvalue weighted by Crippen LogP contribution is 2.29. The second-order valence-electron chi connectivity index (χ2n) is 6.56. The van der Waals surface area contributed by atoms with Crippen LogP contribution in [-0.4, -0.2) is 29.0 Å². The van der Waals surface area contributed by atoms with Crippen LogP contribution < -0.4 is 5.32 Å². The fraction of sp³-hybridized carbons (Fsp3) is 0.190. The van der Waals surface area contributed by atoms with Gasteiger partial charge in [-0.3, -0.25) is 0 Å². The van der Waals surface area contributed by atoms with E-state index >= 15 is 0 Å². The van der Waals surface area contributed by atoms with Gasteiger partial charge >= 0.3 is 6.03 Å². The zero-order valence-corrected chi connectivity index (χ0v) is 15.3. The summed E-state index contributed by atoms with van der Waals surface area (Å²) in [4.78, 5) is 17.7. The van der Waals surface area contributed by atoms with Crippen LogP contribution in [0, 0.1) is 6.92 Å². The zero-order valence-electron chi connectivity index (χ0n) is 14.6. The molecule has 0 fully saturated rings. The minimum atomic E-state index is -0.0930. The number of amides is 2. The molecule has 0 saturated heterocycles. The summed E-state index contributed by atoms with van der Waals surface area (Å²) >= 11 is 6.03. The molecule has 2 heterocycles. The van der Waals surface area contributed by atoms with Gasteiger partial charge in [-0.05, 0) is 42.7 Å². The Hall–Kier alpha value is -2.72. The van der Waals surface area contributed by atoms with Gasteiger partial charge in [-0.2, -0.15) is 0 Å². The molecule has 0 bridgehead atoms. The Labute approximate surface area is 157 Å². The van der Waals surface area contributed by atoms with Gasteiger partial charge in [0.1, 0.15) is 0 Å². The Kier molecular flexibility index (Phi) is 4.43. The van der Waals surface area contributed by atoms with Crippen LogP contribution in [0.5, 0.6) is 0 Å². The van der Waals surface area contributed by atoms with Gasteiger partial charge in [0.15, 0.2) is 0 Å². The predicted molar refractivity (Wildman–Crippen MR) is 108 cm³/mol. The van der Waals surface area contributed by atoms with E-state index in [2.05, 4.69) is 40.8 Å². The normalized spacial score (nSPS) is 14.4. The molecule has 0 radical (unpaired) electrons. The highest BCUT2D eigenvalue weighted by Gasteiger charge is 2.20. The van der Waals surface area contributed by atoms with E-state index < -0.39 is 0 Å². The number of H-pyrrole nitrogens is 1. The number of nitrogens with one attached hydrogen (secondary N) is 2. The Morgan fingerprint density at radius 3 is 2.88 bits per heavy atom. The van der Waals surface area contributed by atoms with Crippen molar-refractivity contribution in [2.75, 3.05) is 18.4 Å². The Morgan fingerprint density at radius 1 is 1.23 bits per heavy atom. The monoisotopic (exact) mass is 365 g/mol. The van der Waals surface area contributed by atoms with E-state index in [9.17, 15) is 4.79 Å². The number of aromatic amines is 1. The highest BCUT2D eigenvalue weighted by atomic mass is 35.5. The molecule has 26 heavy (non-hydrogen) atoms. The maximum Gasteiger partial charge on any atom is 0.322 e. The molecule has 3 aromatic rings. The molecule has 132 valence electrons. The topological polar surface area (TPSA) is 48.1 Å². The lowest BCUT2D eigenvalue weighted by Crippen LogP contribution is -2.38. The molecule has 4 rings (SSSR count). The van der Waals surface area contributed by atoms with Gasteiger partial charge < -0.3 is 15.2 Å². The van der Waals surface area contributed by atoms with Crippen molar-refractivity contribution in [2.24, 2.45) is 0 Å². The van der Waals surface area contributed by atoms with Gasteiger partial charge in [0.25, 0.3) is 0 Å². The number of hydrogen-bond donors (Lipinski definition) is 2. The SMILES string of the molecule is Cc1ccc(Cl)cc1NC(=O)N1CC=C(c2c[nH]c3ccccc23)CC1. The van der Waals surface area contributed by atoms with Gasteiger partial charge in [0, 0.05) is 46.5 Å². The predicted octanol–water partition coefficient (Wildman–Crippen LogP) is 5.45. The van der Waals surface area contributed by atoms with Gasteiger partial charge in [0.2, 0.25) is 0 Å². The minimum absolute atomic E-state index is 0.0930. The van der Waals surface area contributed by atoms with Crippen LogP contribution in [0.2, 0.25) is 5.02 Å². The number of anilines is 1. The van der Waals surface area contributed by atoms with Crippen molar-refractivity contribution in [1.82, 2.24) is 9.88 Å². The van der Waals surface area contributed by atoms with Crippen molar-refractivity contribution in [3.63, 3.8) is 0 Å². The first-order valence-corrected chi connectivity index (χ1v) is 9.07. The van der Waals surface area contributed by atoms with E-state index in [4.69, 9.17) is 11.6 Å². The summed E-state index contributed by atoms with van der Waals surface area (Å²) in [5.41, 5.74) is 5.40. The number of nitrogens with zero attached hydrogens (tertiary/aromatic N) is 1. The summed E-state index contributed by atoms with van der Waals surface area (Å²) in [7, 11) is 0. The first kappa shape index (κ1) is 16.7. The number of aromatic nitrogens is 1. The quantitative estimate of drug-likeness (QED) is 0.623. The minimum Gasteiger partial charge on any atom is -0.361 e. The number of para-hydroxylation sites is 1. The molecule has 1 aliphatic rings. The molecular weight excluding hydrogens is 346 g/mol. The molecule has 0 atom stereocenters. The third kappa shape index (κ3) is 3.20. The average Bonchev–Trinajstić information content (AvgIpc) is 3.09. The summed E-state index contributed by atoms with van der Waals surface area (Å²) in [5, 5.41) is 4.81.